The molecule has 1 aromatic heterocycles. The highest BCUT2D eigenvalue weighted by Gasteiger charge is 2.62. The van der Waals surface area contributed by atoms with Gasteiger partial charge in [0.05, 0.1) is 12.2 Å². The molecule has 1 aliphatic heterocycles. The molecule has 1 N–H and O–H groups in total. The quantitative estimate of drug-likeness (QED) is 0.486. The second-order valence-electron chi connectivity index (χ2n) is 10.2. The lowest BCUT2D eigenvalue weighted by Crippen LogP contribution is -2.57. The maximum atomic E-state index is 13.9. The number of ether oxygens (including phenoxy) is 1. The second-order valence-corrected chi connectivity index (χ2v) is 10.5. The van der Waals surface area contributed by atoms with E-state index < -0.39 is 23.2 Å². The van der Waals surface area contributed by atoms with Crippen molar-refractivity contribution in [2.45, 2.75) is 37.5 Å². The largest absolute Gasteiger partial charge is 0.478 e. The minimum atomic E-state index is -5.13. The van der Waals surface area contributed by atoms with Gasteiger partial charge in [-0.2, -0.15) is 13.2 Å². The number of hydrogen-bond donors (Lipinski definition) is 1. The molecule has 0 radical (unpaired) electrons. The van der Waals surface area contributed by atoms with E-state index >= 15 is 0 Å². The van der Waals surface area contributed by atoms with Gasteiger partial charge >= 0.3 is 6.18 Å². The molecule has 206 valence electrons. The molecule has 2 aromatic rings. The molecule has 4 rings (SSSR count). The van der Waals surface area contributed by atoms with Crippen LogP contribution in [0.15, 0.2) is 42.5 Å². The minimum absolute atomic E-state index is 0.0801. The molecule has 7 nitrogen and oxygen atoms in total. The van der Waals surface area contributed by atoms with E-state index in [1.807, 2.05) is 0 Å². The van der Waals surface area contributed by atoms with Crippen LogP contribution in [0, 0.1) is 17.8 Å². The summed E-state index contributed by atoms with van der Waals surface area (Å²) in [5.41, 5.74) is -3.74. The number of halogens is 4. The maximum Gasteiger partial charge on any atom is 0.430 e. The van der Waals surface area contributed by atoms with Crippen LogP contribution in [-0.2, 0) is 10.4 Å². The first-order valence-corrected chi connectivity index (χ1v) is 13.0. The summed E-state index contributed by atoms with van der Waals surface area (Å²) in [7, 11) is 3.26. The number of amides is 2. The van der Waals surface area contributed by atoms with Crippen LogP contribution in [0.4, 0.5) is 13.2 Å². The SMILES string of the molecule is CN(C)C(=O)c1ccc(OCC[C@@H]2CC2C2CCN(C(=O)[C@@](O)(c3ccccc3)C(F)(F)F)CC2)nc1Cl. The van der Waals surface area contributed by atoms with Gasteiger partial charge in [0, 0.05) is 38.8 Å². The minimum Gasteiger partial charge on any atom is -0.478 e. The van der Waals surface area contributed by atoms with Gasteiger partial charge < -0.3 is 19.6 Å². The van der Waals surface area contributed by atoms with Gasteiger partial charge in [0.25, 0.3) is 17.4 Å². The monoisotopic (exact) mass is 553 g/mol. The average molecular weight is 554 g/mol. The van der Waals surface area contributed by atoms with Gasteiger partial charge in [0.1, 0.15) is 5.15 Å². The highest BCUT2D eigenvalue weighted by atomic mass is 35.5. The predicted molar refractivity (Wildman–Crippen MR) is 135 cm³/mol. The summed E-state index contributed by atoms with van der Waals surface area (Å²) in [6.07, 6.45) is -2.15. The van der Waals surface area contributed by atoms with Gasteiger partial charge in [-0.15, -0.1) is 0 Å². The van der Waals surface area contributed by atoms with Crippen LogP contribution < -0.4 is 4.74 Å². The number of carbonyl (C=O) groups excluding carboxylic acids is 2. The van der Waals surface area contributed by atoms with E-state index in [-0.39, 0.29) is 24.1 Å². The smallest absolute Gasteiger partial charge is 0.430 e. The van der Waals surface area contributed by atoms with E-state index in [1.165, 1.54) is 23.1 Å². The van der Waals surface area contributed by atoms with Gasteiger partial charge in [-0.25, -0.2) is 4.98 Å². The third-order valence-corrected chi connectivity index (χ3v) is 7.81. The Morgan fingerprint density at radius 1 is 1.13 bits per heavy atom. The van der Waals surface area contributed by atoms with E-state index in [9.17, 15) is 27.9 Å². The Balaban J connectivity index is 1.26. The number of aromatic nitrogens is 1. The fourth-order valence-corrected chi connectivity index (χ4v) is 5.47. The summed E-state index contributed by atoms with van der Waals surface area (Å²) >= 11 is 6.12. The number of pyridine rings is 1. The highest BCUT2D eigenvalue weighted by Crippen LogP contribution is 2.50. The zero-order chi connectivity index (χ0) is 27.7. The maximum absolute atomic E-state index is 13.9. The van der Waals surface area contributed by atoms with Crippen molar-refractivity contribution < 1.29 is 32.6 Å². The number of rotatable bonds is 8. The van der Waals surface area contributed by atoms with Crippen molar-refractivity contribution in [2.75, 3.05) is 33.8 Å². The Kier molecular flexibility index (Phi) is 8.23. The van der Waals surface area contributed by atoms with Crippen LogP contribution >= 0.6 is 11.6 Å². The molecule has 1 saturated carbocycles. The van der Waals surface area contributed by atoms with Crippen LogP contribution in [-0.4, -0.2) is 71.7 Å². The van der Waals surface area contributed by atoms with E-state index in [4.69, 9.17) is 16.3 Å². The molecular formula is C27H31ClF3N3O4. The second kappa shape index (κ2) is 11.1. The summed E-state index contributed by atoms with van der Waals surface area (Å²) in [4.78, 5) is 31.7. The molecule has 1 saturated heterocycles. The van der Waals surface area contributed by atoms with Crippen molar-refractivity contribution >= 4 is 23.4 Å². The molecule has 2 heterocycles. The van der Waals surface area contributed by atoms with Crippen LogP contribution in [0.25, 0.3) is 0 Å². The topological polar surface area (TPSA) is 83.0 Å². The first-order chi connectivity index (χ1) is 17.9. The molecule has 0 spiro atoms. The number of hydrogen-bond acceptors (Lipinski definition) is 5. The van der Waals surface area contributed by atoms with Crippen LogP contribution in [0.3, 0.4) is 0 Å². The predicted octanol–water partition coefficient (Wildman–Crippen LogP) is 4.53. The summed E-state index contributed by atoms with van der Waals surface area (Å²) < 4.78 is 47.3. The third-order valence-electron chi connectivity index (χ3n) is 7.52. The lowest BCUT2D eigenvalue weighted by atomic mass is 9.87. The molecule has 2 amide bonds. The number of benzene rings is 1. The number of aliphatic hydroxyl groups is 1. The average Bonchev–Trinajstić information content (AvgIpc) is 3.67. The van der Waals surface area contributed by atoms with Gasteiger partial charge in [-0.05, 0) is 49.5 Å². The Morgan fingerprint density at radius 2 is 1.79 bits per heavy atom. The van der Waals surface area contributed by atoms with E-state index in [1.54, 1.807) is 26.2 Å². The summed E-state index contributed by atoms with van der Waals surface area (Å²) in [6.45, 7) is 0.780. The van der Waals surface area contributed by atoms with E-state index in [2.05, 4.69) is 4.98 Å². The van der Waals surface area contributed by atoms with Crippen LogP contribution in [0.5, 0.6) is 5.88 Å². The zero-order valence-corrected chi connectivity index (χ0v) is 22.0. The normalized spacial score (nSPS) is 21.5. The van der Waals surface area contributed by atoms with Crippen molar-refractivity contribution in [3.63, 3.8) is 0 Å². The van der Waals surface area contributed by atoms with Gasteiger partial charge in [-0.1, -0.05) is 41.9 Å². The van der Waals surface area contributed by atoms with E-state index in [0.29, 0.717) is 48.6 Å². The zero-order valence-electron chi connectivity index (χ0n) is 21.2. The molecule has 2 fully saturated rings. The van der Waals surface area contributed by atoms with Crippen molar-refractivity contribution in [2.24, 2.45) is 17.8 Å². The first-order valence-electron chi connectivity index (χ1n) is 12.6. The molecular weight excluding hydrogens is 523 g/mol. The fourth-order valence-electron chi connectivity index (χ4n) is 5.24. The number of alkyl halides is 3. The first kappa shape index (κ1) is 28.2. The molecule has 1 unspecified atom stereocenters. The van der Waals surface area contributed by atoms with Gasteiger partial charge in [-0.3, -0.25) is 9.59 Å². The molecule has 38 heavy (non-hydrogen) atoms. The van der Waals surface area contributed by atoms with Crippen molar-refractivity contribution in [3.8, 4) is 5.88 Å². The van der Waals surface area contributed by atoms with Crippen LogP contribution in [0.1, 0.15) is 41.6 Å². The molecule has 1 aromatic carbocycles. The number of piperidine rings is 1. The van der Waals surface area contributed by atoms with Crippen molar-refractivity contribution in [1.82, 2.24) is 14.8 Å². The highest BCUT2D eigenvalue weighted by molar-refractivity contribution is 6.32. The Labute approximate surface area is 224 Å². The van der Waals surface area contributed by atoms with Crippen molar-refractivity contribution in [3.05, 3.63) is 58.7 Å². The summed E-state index contributed by atoms with van der Waals surface area (Å²) in [6, 6.07) is 9.70. The molecule has 2 aliphatic rings. The van der Waals surface area contributed by atoms with E-state index in [0.717, 1.165) is 29.9 Å². The number of likely N-dealkylation sites (tertiary alicyclic amines) is 1. The Morgan fingerprint density at radius 3 is 2.37 bits per heavy atom. The van der Waals surface area contributed by atoms with Crippen LogP contribution in [0.2, 0.25) is 5.15 Å². The number of carbonyl (C=O) groups is 2. The molecule has 0 bridgehead atoms. The van der Waals surface area contributed by atoms with Crippen molar-refractivity contribution in [1.29, 1.82) is 0 Å². The summed E-state index contributed by atoms with van der Waals surface area (Å²) in [5.74, 6) is -0.0500. The fraction of sp³-hybridized carbons (Fsp3) is 0.519. The number of nitrogens with zero attached hydrogens (tertiary/aromatic N) is 3. The van der Waals surface area contributed by atoms with Gasteiger partial charge in [0.2, 0.25) is 5.88 Å². The molecule has 3 atom stereocenters. The Hall–Kier alpha value is -2.85. The lowest BCUT2D eigenvalue weighted by molar-refractivity contribution is -0.262. The third kappa shape index (κ3) is 5.76. The Bertz CT molecular complexity index is 1160. The lowest BCUT2D eigenvalue weighted by Gasteiger charge is -2.38. The molecule has 1 aliphatic carbocycles. The van der Waals surface area contributed by atoms with Gasteiger partial charge in [0.15, 0.2) is 0 Å². The summed E-state index contributed by atoms with van der Waals surface area (Å²) in [5, 5.41) is 10.7. The standard InChI is InChI=1S/C27H31ClF3N3O4/c1-33(2)24(35)20-8-9-22(32-23(20)28)38-15-12-18-16-21(18)17-10-13-34(14-11-17)25(36)26(37,27(29,30)31)19-6-4-3-5-7-19/h3-9,17-18,21,37H,10-16H2,1-2H3/t18-,21?,26+/m1/s1. The molecule has 11 heteroatoms.